The van der Waals surface area contributed by atoms with Gasteiger partial charge >= 0.3 is 0 Å². The molecule has 0 fully saturated rings. The average Bonchev–Trinajstić information content (AvgIpc) is 2.83. The molecule has 0 radical (unpaired) electrons. The maximum atomic E-state index is 13.6. The molecule has 0 saturated heterocycles. The molecule has 178 valence electrons. The van der Waals surface area contributed by atoms with Crippen LogP contribution in [0.25, 0.3) is 0 Å². The Morgan fingerprint density at radius 3 is 2.32 bits per heavy atom. The van der Waals surface area contributed by atoms with E-state index in [0.717, 1.165) is 12.0 Å². The van der Waals surface area contributed by atoms with Crippen molar-refractivity contribution in [1.29, 1.82) is 0 Å². The van der Waals surface area contributed by atoms with Gasteiger partial charge in [-0.25, -0.2) is 4.39 Å². The summed E-state index contributed by atoms with van der Waals surface area (Å²) in [7, 11) is 0. The van der Waals surface area contributed by atoms with Crippen molar-refractivity contribution in [2.24, 2.45) is 0 Å². The summed E-state index contributed by atoms with van der Waals surface area (Å²) in [6.45, 7) is 2.61. The minimum atomic E-state index is -0.756. The maximum Gasteiger partial charge on any atom is 0.243 e. The quantitative estimate of drug-likeness (QED) is 0.380. The Kier molecular flexibility index (Phi) is 9.49. The molecule has 3 rings (SSSR count). The Bertz CT molecular complexity index is 1110. The molecule has 0 aliphatic carbocycles. The number of halogens is 3. The molecule has 34 heavy (non-hydrogen) atoms. The summed E-state index contributed by atoms with van der Waals surface area (Å²) in [5.74, 6) is -0.865. The molecule has 1 N–H and O–H groups in total. The van der Waals surface area contributed by atoms with E-state index in [4.69, 9.17) is 23.2 Å². The second-order valence-corrected chi connectivity index (χ2v) is 8.90. The monoisotopic (exact) mass is 500 g/mol. The number of carbonyl (C=O) groups excluding carboxylic acids is 2. The Balaban J connectivity index is 1.97. The van der Waals surface area contributed by atoms with E-state index in [9.17, 15) is 14.0 Å². The summed E-state index contributed by atoms with van der Waals surface area (Å²) in [6.07, 6.45) is 1.14. The third-order valence-electron chi connectivity index (χ3n) is 5.44. The Labute approximate surface area is 209 Å². The third kappa shape index (κ3) is 7.31. The highest BCUT2D eigenvalue weighted by atomic mass is 35.5. The van der Waals surface area contributed by atoms with Crippen molar-refractivity contribution in [3.8, 4) is 0 Å². The van der Waals surface area contributed by atoms with Crippen LogP contribution in [0.15, 0.2) is 72.8 Å². The molecule has 0 spiro atoms. The van der Waals surface area contributed by atoms with Gasteiger partial charge in [0.25, 0.3) is 0 Å². The fourth-order valence-corrected chi connectivity index (χ4v) is 4.10. The first-order valence-corrected chi connectivity index (χ1v) is 11.9. The van der Waals surface area contributed by atoms with Crippen molar-refractivity contribution >= 4 is 35.0 Å². The third-order valence-corrected chi connectivity index (χ3v) is 6.03. The highest BCUT2D eigenvalue weighted by Gasteiger charge is 2.30. The minimum absolute atomic E-state index is 0.0256. The number of nitrogens with zero attached hydrogens (tertiary/aromatic N) is 1. The SMILES string of the molecule is CCCNC(=O)[C@@H](Cc1ccccc1)N(Cc1ccc(Cl)cc1Cl)C(=O)Cc1ccc(F)cc1. The molecule has 4 nitrogen and oxygen atoms in total. The van der Waals surface area contributed by atoms with Gasteiger partial charge in [0.15, 0.2) is 0 Å². The number of carbonyl (C=O) groups is 2. The van der Waals surface area contributed by atoms with Crippen LogP contribution in [0.2, 0.25) is 10.0 Å². The fourth-order valence-electron chi connectivity index (χ4n) is 3.63. The molecule has 3 aromatic rings. The van der Waals surface area contributed by atoms with Crippen LogP contribution in [-0.2, 0) is 29.0 Å². The summed E-state index contributed by atoms with van der Waals surface area (Å²) in [4.78, 5) is 28.4. The zero-order chi connectivity index (χ0) is 24.5. The van der Waals surface area contributed by atoms with Gasteiger partial charge in [-0.2, -0.15) is 0 Å². The summed E-state index contributed by atoms with van der Waals surface area (Å²) in [5.41, 5.74) is 2.27. The van der Waals surface area contributed by atoms with Gasteiger partial charge in [0.1, 0.15) is 11.9 Å². The van der Waals surface area contributed by atoms with Gasteiger partial charge in [-0.05, 0) is 47.4 Å². The molecular formula is C27H27Cl2FN2O2. The minimum Gasteiger partial charge on any atom is -0.354 e. The summed E-state index contributed by atoms with van der Waals surface area (Å²) in [6, 6.07) is 19.7. The molecule has 7 heteroatoms. The lowest BCUT2D eigenvalue weighted by atomic mass is 10.0. The van der Waals surface area contributed by atoms with Gasteiger partial charge < -0.3 is 10.2 Å². The molecule has 0 aliphatic heterocycles. The van der Waals surface area contributed by atoms with Crippen molar-refractivity contribution in [2.75, 3.05) is 6.54 Å². The predicted molar refractivity (Wildman–Crippen MR) is 134 cm³/mol. The summed E-state index contributed by atoms with van der Waals surface area (Å²) in [5, 5.41) is 3.83. The van der Waals surface area contributed by atoms with Crippen molar-refractivity contribution in [3.63, 3.8) is 0 Å². The van der Waals surface area contributed by atoms with Crippen LogP contribution < -0.4 is 5.32 Å². The molecule has 0 aromatic heterocycles. The summed E-state index contributed by atoms with van der Waals surface area (Å²) >= 11 is 12.5. The van der Waals surface area contributed by atoms with E-state index < -0.39 is 6.04 Å². The molecular weight excluding hydrogens is 474 g/mol. The highest BCUT2D eigenvalue weighted by Crippen LogP contribution is 2.24. The van der Waals surface area contributed by atoms with Gasteiger partial charge in [-0.1, -0.05) is 78.7 Å². The number of hydrogen-bond acceptors (Lipinski definition) is 2. The van der Waals surface area contributed by atoms with Crippen LogP contribution in [0, 0.1) is 5.82 Å². The molecule has 0 unspecified atom stereocenters. The predicted octanol–water partition coefficient (Wildman–Crippen LogP) is 5.84. The van der Waals surface area contributed by atoms with Gasteiger partial charge in [0.05, 0.1) is 6.42 Å². The van der Waals surface area contributed by atoms with Crippen LogP contribution in [0.4, 0.5) is 4.39 Å². The summed E-state index contributed by atoms with van der Waals surface area (Å²) < 4.78 is 13.4. The van der Waals surface area contributed by atoms with Gasteiger partial charge in [-0.15, -0.1) is 0 Å². The molecule has 0 aliphatic rings. The zero-order valence-electron chi connectivity index (χ0n) is 18.9. The van der Waals surface area contributed by atoms with Crippen molar-refractivity contribution in [1.82, 2.24) is 10.2 Å². The highest BCUT2D eigenvalue weighted by molar-refractivity contribution is 6.35. The molecule has 1 atom stereocenters. The molecule has 0 saturated carbocycles. The molecule has 0 heterocycles. The van der Waals surface area contributed by atoms with Crippen LogP contribution in [0.1, 0.15) is 30.0 Å². The second-order valence-electron chi connectivity index (χ2n) is 8.06. The number of rotatable bonds is 10. The number of amides is 2. The molecule has 0 bridgehead atoms. The molecule has 3 aromatic carbocycles. The first kappa shape index (κ1) is 25.7. The van der Waals surface area contributed by atoms with E-state index in [2.05, 4.69) is 5.32 Å². The van der Waals surface area contributed by atoms with Crippen LogP contribution in [0.3, 0.4) is 0 Å². The topological polar surface area (TPSA) is 49.4 Å². The standard InChI is InChI=1S/C27H27Cl2FN2O2/c1-2-14-31-27(34)25(15-19-6-4-3-5-7-19)32(18-21-10-11-22(28)17-24(21)29)26(33)16-20-8-12-23(30)13-9-20/h3-13,17,25H,2,14-16,18H2,1H3,(H,31,34)/t25-/m1/s1. The average molecular weight is 501 g/mol. The largest absolute Gasteiger partial charge is 0.354 e. The van der Waals surface area contributed by atoms with Crippen LogP contribution in [-0.4, -0.2) is 29.3 Å². The first-order valence-electron chi connectivity index (χ1n) is 11.2. The smallest absolute Gasteiger partial charge is 0.243 e. The lowest BCUT2D eigenvalue weighted by Gasteiger charge is -2.32. The van der Waals surface area contributed by atoms with Crippen LogP contribution >= 0.6 is 23.2 Å². The van der Waals surface area contributed by atoms with Crippen molar-refractivity contribution in [2.45, 2.75) is 38.8 Å². The fraction of sp³-hybridized carbons (Fsp3) is 0.259. The Hall–Kier alpha value is -2.89. The van der Waals surface area contributed by atoms with E-state index >= 15 is 0 Å². The number of hydrogen-bond donors (Lipinski definition) is 1. The maximum absolute atomic E-state index is 13.6. The normalized spacial score (nSPS) is 11.6. The molecule has 2 amide bonds. The van der Waals surface area contributed by atoms with Gasteiger partial charge in [0, 0.05) is 29.6 Å². The van der Waals surface area contributed by atoms with E-state index in [-0.39, 0.29) is 30.6 Å². The lowest BCUT2D eigenvalue weighted by molar-refractivity contribution is -0.140. The Morgan fingerprint density at radius 2 is 1.68 bits per heavy atom. The van der Waals surface area contributed by atoms with E-state index in [1.165, 1.54) is 12.1 Å². The lowest BCUT2D eigenvalue weighted by Crippen LogP contribution is -2.51. The first-order chi connectivity index (χ1) is 16.4. The van der Waals surface area contributed by atoms with E-state index in [1.54, 1.807) is 35.2 Å². The van der Waals surface area contributed by atoms with E-state index in [1.807, 2.05) is 37.3 Å². The zero-order valence-corrected chi connectivity index (χ0v) is 20.5. The number of nitrogens with one attached hydrogen (secondary N) is 1. The second kappa shape index (κ2) is 12.5. The Morgan fingerprint density at radius 1 is 0.971 bits per heavy atom. The van der Waals surface area contributed by atoms with E-state index in [0.29, 0.717) is 34.1 Å². The number of benzene rings is 3. The van der Waals surface area contributed by atoms with Gasteiger partial charge in [-0.3, -0.25) is 9.59 Å². The van der Waals surface area contributed by atoms with Gasteiger partial charge in [0.2, 0.25) is 11.8 Å². The van der Waals surface area contributed by atoms with Crippen molar-refractivity contribution < 1.29 is 14.0 Å². The van der Waals surface area contributed by atoms with Crippen LogP contribution in [0.5, 0.6) is 0 Å². The van der Waals surface area contributed by atoms with Crippen molar-refractivity contribution in [3.05, 3.63) is 105 Å².